The van der Waals surface area contributed by atoms with E-state index in [9.17, 15) is 0 Å². The zero-order valence-corrected chi connectivity index (χ0v) is 19.5. The van der Waals surface area contributed by atoms with Gasteiger partial charge in [-0.15, -0.1) is 0 Å². The second-order valence-corrected chi connectivity index (χ2v) is 8.84. The number of hydrogen-bond donors (Lipinski definition) is 0. The van der Waals surface area contributed by atoms with Gasteiger partial charge in [0, 0.05) is 37.3 Å². The van der Waals surface area contributed by atoms with Crippen LogP contribution in [-0.2, 0) is 25.6 Å². The monoisotopic (exact) mass is 444 g/mol. The van der Waals surface area contributed by atoms with Gasteiger partial charge in [-0.3, -0.25) is 0 Å². The van der Waals surface area contributed by atoms with E-state index >= 15 is 0 Å². The first-order chi connectivity index (χ1) is 14.9. The Kier molecular flexibility index (Phi) is 8.43. The first-order valence-corrected chi connectivity index (χ1v) is 11.0. The second-order valence-electron chi connectivity index (χ2n) is 8.51. The summed E-state index contributed by atoms with van der Waals surface area (Å²) in [6.45, 7) is 7.71. The van der Waals surface area contributed by atoms with Crippen LogP contribution < -0.4 is 4.74 Å². The minimum absolute atomic E-state index is 0.0195. The van der Waals surface area contributed by atoms with Crippen LogP contribution in [0.3, 0.4) is 0 Å². The Bertz CT molecular complexity index is 822. The third-order valence-corrected chi connectivity index (χ3v) is 5.94. The highest BCUT2D eigenvalue weighted by molar-refractivity contribution is 7.79. The highest BCUT2D eigenvalue weighted by Crippen LogP contribution is 2.51. The van der Waals surface area contributed by atoms with Crippen LogP contribution in [0.15, 0.2) is 54.6 Å². The van der Waals surface area contributed by atoms with E-state index in [1.165, 1.54) is 0 Å². The predicted molar refractivity (Wildman–Crippen MR) is 124 cm³/mol. The largest absolute Gasteiger partial charge is 0.452 e. The smallest absolute Gasteiger partial charge is 0.358 e. The molecule has 5 nitrogen and oxygen atoms in total. The second kappa shape index (κ2) is 11.0. The van der Waals surface area contributed by atoms with E-state index in [1.807, 2.05) is 49.4 Å². The van der Waals surface area contributed by atoms with Crippen LogP contribution in [0.1, 0.15) is 31.4 Å². The van der Waals surface area contributed by atoms with Crippen LogP contribution >= 0.6 is 12.2 Å². The van der Waals surface area contributed by atoms with E-state index in [0.717, 1.165) is 17.5 Å². The van der Waals surface area contributed by atoms with E-state index in [2.05, 4.69) is 26.0 Å². The van der Waals surface area contributed by atoms with Crippen molar-refractivity contribution in [3.63, 3.8) is 0 Å². The van der Waals surface area contributed by atoms with E-state index in [4.69, 9.17) is 35.9 Å². The van der Waals surface area contributed by atoms with Gasteiger partial charge in [-0.1, -0.05) is 61.9 Å². The van der Waals surface area contributed by atoms with Crippen molar-refractivity contribution < 1.29 is 23.7 Å². The summed E-state index contributed by atoms with van der Waals surface area (Å²) < 4.78 is 28.7. The lowest BCUT2D eigenvalue weighted by atomic mass is 9.57. The third-order valence-electron chi connectivity index (χ3n) is 5.76. The molecule has 0 bridgehead atoms. The summed E-state index contributed by atoms with van der Waals surface area (Å²) in [4.78, 5) is 0. The highest BCUT2D eigenvalue weighted by Gasteiger charge is 2.59. The van der Waals surface area contributed by atoms with E-state index < -0.39 is 0 Å². The fourth-order valence-corrected chi connectivity index (χ4v) is 4.34. The van der Waals surface area contributed by atoms with Gasteiger partial charge < -0.3 is 23.7 Å². The highest BCUT2D eigenvalue weighted by atomic mass is 32.1. The topological polar surface area (TPSA) is 46.2 Å². The molecule has 1 aliphatic rings. The van der Waals surface area contributed by atoms with Gasteiger partial charge in [-0.05, 0) is 31.0 Å². The molecule has 0 N–H and O–H groups in total. The molecule has 2 aromatic rings. The lowest BCUT2D eigenvalue weighted by molar-refractivity contribution is -0.230. The zero-order chi connectivity index (χ0) is 22.3. The maximum atomic E-state index is 6.34. The van der Waals surface area contributed by atoms with Crippen molar-refractivity contribution in [3.05, 3.63) is 65.7 Å². The summed E-state index contributed by atoms with van der Waals surface area (Å²) in [5.74, 6) is 0.805. The summed E-state index contributed by atoms with van der Waals surface area (Å²) in [7, 11) is 1.62. The first-order valence-electron chi connectivity index (χ1n) is 10.6. The molecular weight excluding hydrogens is 412 g/mol. The molecule has 31 heavy (non-hydrogen) atoms. The Morgan fingerprint density at radius 1 is 1.00 bits per heavy atom. The number of aryl methyl sites for hydroxylation is 1. The molecule has 0 spiro atoms. The maximum absolute atomic E-state index is 6.34. The van der Waals surface area contributed by atoms with Crippen molar-refractivity contribution in [1.82, 2.24) is 0 Å². The third kappa shape index (κ3) is 6.26. The van der Waals surface area contributed by atoms with Crippen LogP contribution in [0.25, 0.3) is 0 Å². The van der Waals surface area contributed by atoms with Crippen LogP contribution in [0.4, 0.5) is 0 Å². The van der Waals surface area contributed by atoms with Gasteiger partial charge in [0.25, 0.3) is 0 Å². The Hall–Kier alpha value is -1.99. The van der Waals surface area contributed by atoms with Crippen LogP contribution in [0.2, 0.25) is 0 Å². The first kappa shape index (κ1) is 23.7. The predicted octanol–water partition coefficient (Wildman–Crippen LogP) is 5.30. The van der Waals surface area contributed by atoms with Gasteiger partial charge in [0.1, 0.15) is 18.6 Å². The van der Waals surface area contributed by atoms with Crippen LogP contribution in [0, 0.1) is 18.3 Å². The summed E-state index contributed by atoms with van der Waals surface area (Å²) in [5, 5.41) is 0.131. The number of benzene rings is 2. The van der Waals surface area contributed by atoms with E-state index in [-0.39, 0.29) is 35.6 Å². The molecule has 0 aliphatic heterocycles. The summed E-state index contributed by atoms with van der Waals surface area (Å²) in [5.41, 5.74) is 2.09. The number of hydrogen-bond acceptors (Lipinski definition) is 6. The Morgan fingerprint density at radius 3 is 2.39 bits per heavy atom. The number of methoxy groups -OCH3 is 1. The Balaban J connectivity index is 1.63. The molecule has 0 unspecified atom stereocenters. The number of thiocarbonyl (C=S) groups is 1. The van der Waals surface area contributed by atoms with E-state index in [0.29, 0.717) is 19.0 Å². The lowest BCUT2D eigenvalue weighted by Crippen LogP contribution is -2.64. The fourth-order valence-electron chi connectivity index (χ4n) is 4.14. The quantitative estimate of drug-likeness (QED) is 0.282. The van der Waals surface area contributed by atoms with Gasteiger partial charge in [-0.25, -0.2) is 0 Å². The molecule has 1 fully saturated rings. The van der Waals surface area contributed by atoms with Gasteiger partial charge in [0.05, 0.1) is 12.7 Å². The molecule has 0 aromatic heterocycles. The van der Waals surface area contributed by atoms with Crippen molar-refractivity contribution in [1.29, 1.82) is 0 Å². The SMILES string of the molecule is COCOCC[C@@H]1[C@@H](OCc2ccccc2)C(C)(C)[C@@H]1OC(=S)Oc1ccc(C)cc1. The van der Waals surface area contributed by atoms with Crippen molar-refractivity contribution in [2.24, 2.45) is 11.3 Å². The van der Waals surface area contributed by atoms with Crippen LogP contribution in [-0.4, -0.2) is 38.0 Å². The molecule has 0 saturated heterocycles. The molecule has 1 saturated carbocycles. The molecule has 0 heterocycles. The average Bonchev–Trinajstić information content (AvgIpc) is 2.76. The minimum Gasteiger partial charge on any atom is -0.452 e. The zero-order valence-electron chi connectivity index (χ0n) is 18.7. The van der Waals surface area contributed by atoms with Crippen molar-refractivity contribution in [2.45, 2.75) is 46.0 Å². The molecule has 3 rings (SSSR count). The maximum Gasteiger partial charge on any atom is 0.358 e. The number of rotatable bonds is 10. The van der Waals surface area contributed by atoms with Crippen LogP contribution in [0.5, 0.6) is 5.75 Å². The lowest BCUT2D eigenvalue weighted by Gasteiger charge is -2.56. The molecule has 6 heteroatoms. The molecule has 1 aliphatic carbocycles. The minimum atomic E-state index is -0.221. The molecule has 168 valence electrons. The Labute approximate surface area is 190 Å². The molecule has 0 radical (unpaired) electrons. The van der Waals surface area contributed by atoms with Gasteiger partial charge in [-0.2, -0.15) is 0 Å². The van der Waals surface area contributed by atoms with Gasteiger partial charge >= 0.3 is 5.24 Å². The Morgan fingerprint density at radius 2 is 1.71 bits per heavy atom. The van der Waals surface area contributed by atoms with Gasteiger partial charge in [0.2, 0.25) is 0 Å². The average molecular weight is 445 g/mol. The molecule has 3 atom stereocenters. The normalized spacial score (nSPS) is 21.9. The summed E-state index contributed by atoms with van der Waals surface area (Å²) >= 11 is 5.40. The molecular formula is C25H32O5S. The van der Waals surface area contributed by atoms with Crippen molar-refractivity contribution in [3.8, 4) is 5.75 Å². The fraction of sp³-hybridized carbons (Fsp3) is 0.480. The summed E-state index contributed by atoms with van der Waals surface area (Å²) in [6, 6.07) is 17.9. The summed E-state index contributed by atoms with van der Waals surface area (Å²) in [6.07, 6.45) is 0.674. The molecule has 0 amide bonds. The number of ether oxygens (including phenoxy) is 5. The van der Waals surface area contributed by atoms with Crippen molar-refractivity contribution >= 4 is 17.5 Å². The standard InChI is InChI=1S/C25H32O5S/c1-18-10-12-20(13-11-18)29-24(31)30-23-21(14-15-27-17-26-4)22(25(23,2)3)28-16-19-8-6-5-7-9-19/h5-13,21-23H,14-17H2,1-4H3/t21-,22-,23-/m1/s1. The van der Waals surface area contributed by atoms with Crippen molar-refractivity contribution in [2.75, 3.05) is 20.5 Å². The molecule has 2 aromatic carbocycles. The van der Waals surface area contributed by atoms with E-state index in [1.54, 1.807) is 7.11 Å². The van der Waals surface area contributed by atoms with Gasteiger partial charge in [0.15, 0.2) is 0 Å².